The zero-order valence-electron chi connectivity index (χ0n) is 15.0. The number of amides is 2. The molecule has 2 aromatic carbocycles. The minimum absolute atomic E-state index is 0.0789. The summed E-state index contributed by atoms with van der Waals surface area (Å²) in [7, 11) is -2.22. The average molecular weight is 391 g/mol. The van der Waals surface area contributed by atoms with Gasteiger partial charge >= 0.3 is 0 Å². The average Bonchev–Trinajstić information content (AvgIpc) is 2.67. The Morgan fingerprint density at radius 3 is 2.19 bits per heavy atom. The largest absolute Gasteiger partial charge is 0.484 e. The molecule has 27 heavy (non-hydrogen) atoms. The third-order valence-electron chi connectivity index (χ3n) is 3.55. The zero-order valence-corrected chi connectivity index (χ0v) is 15.8. The number of hydrogen-bond acceptors (Lipinski definition) is 5. The first-order valence-corrected chi connectivity index (χ1v) is 9.68. The standard InChI is InChI=1S/C18H21N3O5S/c1-3-20-17(22)12-26-15-8-6-14(7-9-15)21-18(23)13-4-10-16(11-5-13)27(24,25)19-2/h4-11,19H,3,12H2,1-2H3,(H,20,22)(H,21,23). The van der Waals surface area contributed by atoms with Crippen LogP contribution in [0.1, 0.15) is 17.3 Å². The van der Waals surface area contributed by atoms with Crippen molar-refractivity contribution in [1.82, 2.24) is 10.0 Å². The Morgan fingerprint density at radius 2 is 1.63 bits per heavy atom. The number of anilines is 1. The Morgan fingerprint density at radius 1 is 1.00 bits per heavy atom. The number of benzene rings is 2. The van der Waals surface area contributed by atoms with Gasteiger partial charge in [-0.3, -0.25) is 9.59 Å². The lowest BCUT2D eigenvalue weighted by atomic mass is 10.2. The van der Waals surface area contributed by atoms with Crippen molar-refractivity contribution in [2.24, 2.45) is 0 Å². The van der Waals surface area contributed by atoms with E-state index in [1.54, 1.807) is 24.3 Å². The molecule has 0 fully saturated rings. The summed E-state index contributed by atoms with van der Waals surface area (Å²) in [5.41, 5.74) is 0.860. The smallest absolute Gasteiger partial charge is 0.257 e. The molecular weight excluding hydrogens is 370 g/mol. The van der Waals surface area contributed by atoms with Crippen molar-refractivity contribution >= 4 is 27.5 Å². The van der Waals surface area contributed by atoms with Gasteiger partial charge in [-0.1, -0.05) is 0 Å². The van der Waals surface area contributed by atoms with Gasteiger partial charge in [-0.2, -0.15) is 0 Å². The molecule has 144 valence electrons. The van der Waals surface area contributed by atoms with Crippen molar-refractivity contribution in [2.75, 3.05) is 25.5 Å². The molecule has 9 heteroatoms. The third kappa shape index (κ3) is 5.80. The van der Waals surface area contributed by atoms with E-state index >= 15 is 0 Å². The van der Waals surface area contributed by atoms with Gasteiger partial charge < -0.3 is 15.4 Å². The van der Waals surface area contributed by atoms with E-state index in [1.165, 1.54) is 31.3 Å². The molecule has 0 saturated heterocycles. The van der Waals surface area contributed by atoms with Crippen LogP contribution in [-0.2, 0) is 14.8 Å². The van der Waals surface area contributed by atoms with E-state index in [1.807, 2.05) is 6.92 Å². The molecule has 2 aromatic rings. The van der Waals surface area contributed by atoms with Crippen LogP contribution in [0.4, 0.5) is 5.69 Å². The lowest BCUT2D eigenvalue weighted by molar-refractivity contribution is -0.122. The van der Waals surface area contributed by atoms with E-state index in [0.29, 0.717) is 23.5 Å². The summed E-state index contributed by atoms with van der Waals surface area (Å²) in [4.78, 5) is 23.7. The second-order valence-electron chi connectivity index (χ2n) is 5.45. The first-order chi connectivity index (χ1) is 12.9. The number of rotatable bonds is 8. The van der Waals surface area contributed by atoms with E-state index in [4.69, 9.17) is 4.74 Å². The van der Waals surface area contributed by atoms with Crippen LogP contribution in [0.25, 0.3) is 0 Å². The molecule has 3 N–H and O–H groups in total. The fourth-order valence-corrected chi connectivity index (χ4v) is 2.87. The number of ether oxygens (including phenoxy) is 1. The number of sulfonamides is 1. The summed E-state index contributed by atoms with van der Waals surface area (Å²) in [5.74, 6) is -0.0844. The van der Waals surface area contributed by atoms with Gasteiger partial charge in [-0.15, -0.1) is 0 Å². The molecular formula is C18H21N3O5S. The van der Waals surface area contributed by atoms with Gasteiger partial charge in [0.05, 0.1) is 4.90 Å². The van der Waals surface area contributed by atoms with Crippen LogP contribution >= 0.6 is 0 Å². The number of likely N-dealkylation sites (N-methyl/N-ethyl adjacent to an activating group) is 1. The van der Waals surface area contributed by atoms with Crippen molar-refractivity contribution in [3.8, 4) is 5.75 Å². The zero-order chi connectivity index (χ0) is 19.9. The van der Waals surface area contributed by atoms with Crippen molar-refractivity contribution in [3.63, 3.8) is 0 Å². The Labute approximate surface area is 158 Å². The molecule has 0 spiro atoms. The first kappa shape index (κ1) is 20.4. The van der Waals surface area contributed by atoms with E-state index in [2.05, 4.69) is 15.4 Å². The Bertz CT molecular complexity index is 894. The summed E-state index contributed by atoms with van der Waals surface area (Å²) in [6, 6.07) is 12.1. The van der Waals surface area contributed by atoms with Crippen LogP contribution in [0.3, 0.4) is 0 Å². The molecule has 0 heterocycles. The Kier molecular flexibility index (Phi) is 6.91. The molecule has 0 unspecified atom stereocenters. The van der Waals surface area contributed by atoms with Crippen molar-refractivity contribution in [1.29, 1.82) is 0 Å². The topological polar surface area (TPSA) is 114 Å². The number of nitrogens with one attached hydrogen (secondary N) is 3. The maximum Gasteiger partial charge on any atom is 0.257 e. The maximum atomic E-state index is 12.3. The van der Waals surface area contributed by atoms with Crippen LogP contribution in [-0.4, -0.2) is 40.4 Å². The van der Waals surface area contributed by atoms with E-state index < -0.39 is 10.0 Å². The van der Waals surface area contributed by atoms with Crippen LogP contribution in [0.15, 0.2) is 53.4 Å². The molecule has 0 aliphatic rings. The highest BCUT2D eigenvalue weighted by molar-refractivity contribution is 7.89. The van der Waals surface area contributed by atoms with E-state index in [9.17, 15) is 18.0 Å². The fraction of sp³-hybridized carbons (Fsp3) is 0.222. The Hall–Kier alpha value is -2.91. The molecule has 2 amide bonds. The van der Waals surface area contributed by atoms with Gasteiger partial charge in [-0.05, 0) is 62.5 Å². The van der Waals surface area contributed by atoms with Crippen LogP contribution in [0, 0.1) is 0 Å². The first-order valence-electron chi connectivity index (χ1n) is 8.20. The summed E-state index contributed by atoms with van der Waals surface area (Å²) in [6.45, 7) is 2.28. The van der Waals surface area contributed by atoms with Crippen molar-refractivity contribution in [3.05, 3.63) is 54.1 Å². The van der Waals surface area contributed by atoms with Crippen LogP contribution < -0.4 is 20.1 Å². The highest BCUT2D eigenvalue weighted by Crippen LogP contribution is 2.17. The van der Waals surface area contributed by atoms with Gasteiger partial charge in [0.25, 0.3) is 11.8 Å². The summed E-state index contributed by atoms with van der Waals surface area (Å²) in [6.07, 6.45) is 0. The SMILES string of the molecule is CCNC(=O)COc1ccc(NC(=O)c2ccc(S(=O)(=O)NC)cc2)cc1. The third-order valence-corrected chi connectivity index (χ3v) is 4.98. The normalized spacial score (nSPS) is 10.9. The highest BCUT2D eigenvalue weighted by atomic mass is 32.2. The maximum absolute atomic E-state index is 12.3. The summed E-state index contributed by atoms with van der Waals surface area (Å²) >= 11 is 0. The van der Waals surface area contributed by atoms with Crippen LogP contribution in [0.5, 0.6) is 5.75 Å². The summed E-state index contributed by atoms with van der Waals surface area (Å²) in [5, 5.41) is 5.33. The summed E-state index contributed by atoms with van der Waals surface area (Å²) < 4.78 is 30.9. The molecule has 0 aliphatic carbocycles. The Balaban J connectivity index is 1.96. The molecule has 2 rings (SSSR count). The van der Waals surface area contributed by atoms with E-state index in [-0.39, 0.29) is 23.3 Å². The van der Waals surface area contributed by atoms with E-state index in [0.717, 1.165) is 0 Å². The molecule has 0 bridgehead atoms. The molecule has 8 nitrogen and oxygen atoms in total. The number of carbonyl (C=O) groups excluding carboxylic acids is 2. The molecule has 0 radical (unpaired) electrons. The van der Waals surface area contributed by atoms with Gasteiger partial charge in [0, 0.05) is 17.8 Å². The minimum Gasteiger partial charge on any atom is -0.484 e. The highest BCUT2D eigenvalue weighted by Gasteiger charge is 2.13. The number of carbonyl (C=O) groups is 2. The van der Waals surface area contributed by atoms with Crippen molar-refractivity contribution in [2.45, 2.75) is 11.8 Å². The second kappa shape index (κ2) is 9.15. The van der Waals surface area contributed by atoms with Gasteiger partial charge in [0.15, 0.2) is 6.61 Å². The predicted octanol–water partition coefficient (Wildman–Crippen LogP) is 1.36. The molecule has 0 atom stereocenters. The molecule has 0 saturated carbocycles. The quantitative estimate of drug-likeness (QED) is 0.629. The lowest BCUT2D eigenvalue weighted by Crippen LogP contribution is -2.28. The molecule has 0 aromatic heterocycles. The second-order valence-corrected chi connectivity index (χ2v) is 7.34. The van der Waals surface area contributed by atoms with Crippen molar-refractivity contribution < 1.29 is 22.7 Å². The van der Waals surface area contributed by atoms with Gasteiger partial charge in [0.1, 0.15) is 5.75 Å². The predicted molar refractivity (Wildman–Crippen MR) is 101 cm³/mol. The van der Waals surface area contributed by atoms with Crippen LogP contribution in [0.2, 0.25) is 0 Å². The minimum atomic E-state index is -3.54. The fourth-order valence-electron chi connectivity index (χ4n) is 2.14. The number of hydrogen-bond donors (Lipinski definition) is 3. The lowest BCUT2D eigenvalue weighted by Gasteiger charge is -2.09. The van der Waals surface area contributed by atoms with Gasteiger partial charge in [-0.25, -0.2) is 13.1 Å². The molecule has 0 aliphatic heterocycles. The van der Waals surface area contributed by atoms with Gasteiger partial charge in [0.2, 0.25) is 10.0 Å². The monoisotopic (exact) mass is 391 g/mol.